The number of fused-ring (bicyclic) bond motifs is 1. The standard InChI is InChI=1S/C16H18N2O2/c1-20-14-6-5-11-10-18(16(9-17)15(11)8-14)12-3-2-4-13(19)7-12/h2-8,16,19H,9-10,17H2,1H3. The molecule has 1 aliphatic heterocycles. The smallest absolute Gasteiger partial charge is 0.119 e. The largest absolute Gasteiger partial charge is 0.508 e. The lowest BCUT2D eigenvalue weighted by molar-refractivity contribution is 0.414. The maximum absolute atomic E-state index is 9.65. The summed E-state index contributed by atoms with van der Waals surface area (Å²) >= 11 is 0. The van der Waals surface area contributed by atoms with Crippen LogP contribution in [0.2, 0.25) is 0 Å². The van der Waals surface area contributed by atoms with Crippen LogP contribution >= 0.6 is 0 Å². The molecule has 0 radical (unpaired) electrons. The van der Waals surface area contributed by atoms with E-state index < -0.39 is 0 Å². The van der Waals surface area contributed by atoms with E-state index in [4.69, 9.17) is 10.5 Å². The quantitative estimate of drug-likeness (QED) is 0.899. The molecule has 0 aromatic heterocycles. The van der Waals surface area contributed by atoms with E-state index in [0.717, 1.165) is 18.0 Å². The summed E-state index contributed by atoms with van der Waals surface area (Å²) in [6, 6.07) is 13.5. The predicted octanol–water partition coefficient (Wildman–Crippen LogP) is 2.42. The average Bonchev–Trinajstić information content (AvgIpc) is 2.84. The van der Waals surface area contributed by atoms with Gasteiger partial charge in [0.15, 0.2) is 0 Å². The van der Waals surface area contributed by atoms with E-state index in [2.05, 4.69) is 17.0 Å². The Kier molecular flexibility index (Phi) is 3.24. The molecule has 1 unspecified atom stereocenters. The fraction of sp³-hybridized carbons (Fsp3) is 0.250. The van der Waals surface area contributed by atoms with Gasteiger partial charge in [-0.15, -0.1) is 0 Å². The second kappa shape index (κ2) is 5.06. The summed E-state index contributed by atoms with van der Waals surface area (Å²) in [5, 5.41) is 9.65. The van der Waals surface area contributed by atoms with E-state index in [1.807, 2.05) is 18.2 Å². The SMILES string of the molecule is COc1ccc2c(c1)C(CN)N(c1cccc(O)c1)C2. The second-order valence-electron chi connectivity index (χ2n) is 4.96. The third kappa shape index (κ3) is 2.08. The number of methoxy groups -OCH3 is 1. The molecule has 0 amide bonds. The summed E-state index contributed by atoms with van der Waals surface area (Å²) in [5.41, 5.74) is 9.40. The van der Waals surface area contributed by atoms with Crippen molar-refractivity contribution in [2.75, 3.05) is 18.6 Å². The van der Waals surface area contributed by atoms with Crippen molar-refractivity contribution < 1.29 is 9.84 Å². The van der Waals surface area contributed by atoms with Gasteiger partial charge in [0.1, 0.15) is 11.5 Å². The summed E-state index contributed by atoms with van der Waals surface area (Å²) in [5.74, 6) is 1.12. The summed E-state index contributed by atoms with van der Waals surface area (Å²) in [6.07, 6.45) is 0. The Morgan fingerprint density at radius 3 is 2.85 bits per heavy atom. The van der Waals surface area contributed by atoms with Gasteiger partial charge >= 0.3 is 0 Å². The Morgan fingerprint density at radius 2 is 2.15 bits per heavy atom. The number of nitrogens with zero attached hydrogens (tertiary/aromatic N) is 1. The highest BCUT2D eigenvalue weighted by molar-refractivity contribution is 5.57. The Balaban J connectivity index is 2.00. The van der Waals surface area contributed by atoms with Crippen molar-refractivity contribution in [1.82, 2.24) is 0 Å². The molecule has 4 nitrogen and oxygen atoms in total. The Morgan fingerprint density at radius 1 is 1.30 bits per heavy atom. The fourth-order valence-electron chi connectivity index (χ4n) is 2.81. The minimum atomic E-state index is 0.113. The van der Waals surface area contributed by atoms with Crippen LogP contribution in [0.1, 0.15) is 17.2 Å². The lowest BCUT2D eigenvalue weighted by Crippen LogP contribution is -2.27. The zero-order chi connectivity index (χ0) is 14.1. The number of aromatic hydroxyl groups is 1. The van der Waals surface area contributed by atoms with Gasteiger partial charge in [-0.1, -0.05) is 12.1 Å². The first-order chi connectivity index (χ1) is 9.72. The number of ether oxygens (including phenoxy) is 1. The van der Waals surface area contributed by atoms with Gasteiger partial charge in [0.05, 0.1) is 13.2 Å². The van der Waals surface area contributed by atoms with Gasteiger partial charge in [0, 0.05) is 24.8 Å². The molecule has 2 aromatic rings. The van der Waals surface area contributed by atoms with Crippen LogP contribution in [0.25, 0.3) is 0 Å². The third-order valence-corrected chi connectivity index (χ3v) is 3.81. The average molecular weight is 270 g/mol. The van der Waals surface area contributed by atoms with Gasteiger partial charge in [-0.05, 0) is 35.4 Å². The highest BCUT2D eigenvalue weighted by Gasteiger charge is 2.29. The molecule has 1 heterocycles. The number of rotatable bonds is 3. The van der Waals surface area contributed by atoms with Crippen molar-refractivity contribution in [2.24, 2.45) is 5.73 Å². The lowest BCUT2D eigenvalue weighted by atomic mass is 10.0. The molecule has 3 rings (SSSR count). The number of nitrogens with two attached hydrogens (primary N) is 1. The zero-order valence-corrected chi connectivity index (χ0v) is 11.4. The van der Waals surface area contributed by atoms with Crippen LogP contribution in [0.5, 0.6) is 11.5 Å². The van der Waals surface area contributed by atoms with Crippen LogP contribution in [-0.4, -0.2) is 18.8 Å². The van der Waals surface area contributed by atoms with E-state index in [0.29, 0.717) is 6.54 Å². The van der Waals surface area contributed by atoms with Crippen molar-refractivity contribution in [3.8, 4) is 11.5 Å². The van der Waals surface area contributed by atoms with E-state index >= 15 is 0 Å². The van der Waals surface area contributed by atoms with E-state index in [1.165, 1.54) is 11.1 Å². The molecule has 0 bridgehead atoms. The van der Waals surface area contributed by atoms with Crippen molar-refractivity contribution in [3.63, 3.8) is 0 Å². The van der Waals surface area contributed by atoms with E-state index in [1.54, 1.807) is 19.2 Å². The first kappa shape index (κ1) is 12.8. The Bertz CT molecular complexity index is 628. The van der Waals surface area contributed by atoms with Crippen LogP contribution in [0.15, 0.2) is 42.5 Å². The number of phenolic OH excluding ortho intramolecular Hbond substituents is 1. The van der Waals surface area contributed by atoms with Gasteiger partial charge in [-0.3, -0.25) is 0 Å². The maximum Gasteiger partial charge on any atom is 0.119 e. The molecule has 4 heteroatoms. The predicted molar refractivity (Wildman–Crippen MR) is 79.1 cm³/mol. The Hall–Kier alpha value is -2.20. The molecule has 0 fully saturated rings. The summed E-state index contributed by atoms with van der Waals surface area (Å²) in [6.45, 7) is 1.32. The minimum absolute atomic E-state index is 0.113. The highest BCUT2D eigenvalue weighted by Crippen LogP contribution is 2.39. The fourth-order valence-corrected chi connectivity index (χ4v) is 2.81. The first-order valence-corrected chi connectivity index (χ1v) is 6.65. The molecule has 2 aromatic carbocycles. The van der Waals surface area contributed by atoms with Crippen molar-refractivity contribution in [1.29, 1.82) is 0 Å². The zero-order valence-electron chi connectivity index (χ0n) is 11.4. The molecular weight excluding hydrogens is 252 g/mol. The van der Waals surface area contributed by atoms with Crippen molar-refractivity contribution >= 4 is 5.69 Å². The number of phenols is 1. The molecule has 3 N–H and O–H groups in total. The Labute approximate surface area is 118 Å². The highest BCUT2D eigenvalue weighted by atomic mass is 16.5. The van der Waals surface area contributed by atoms with Crippen LogP contribution in [-0.2, 0) is 6.54 Å². The summed E-state index contributed by atoms with van der Waals surface area (Å²) < 4.78 is 5.29. The molecule has 0 saturated carbocycles. The van der Waals surface area contributed by atoms with Crippen LogP contribution in [0.3, 0.4) is 0 Å². The number of hydrogen-bond acceptors (Lipinski definition) is 4. The first-order valence-electron chi connectivity index (χ1n) is 6.65. The van der Waals surface area contributed by atoms with Gasteiger partial charge in [0.2, 0.25) is 0 Å². The maximum atomic E-state index is 9.65. The molecule has 104 valence electrons. The van der Waals surface area contributed by atoms with Crippen LogP contribution in [0.4, 0.5) is 5.69 Å². The molecule has 20 heavy (non-hydrogen) atoms. The second-order valence-corrected chi connectivity index (χ2v) is 4.96. The van der Waals surface area contributed by atoms with Crippen LogP contribution < -0.4 is 15.4 Å². The normalized spacial score (nSPS) is 17.1. The van der Waals surface area contributed by atoms with E-state index in [9.17, 15) is 5.11 Å². The molecule has 1 aliphatic rings. The van der Waals surface area contributed by atoms with Gasteiger partial charge in [0.25, 0.3) is 0 Å². The van der Waals surface area contributed by atoms with Gasteiger partial charge < -0.3 is 20.5 Å². The molecule has 0 aliphatic carbocycles. The molecule has 0 saturated heterocycles. The van der Waals surface area contributed by atoms with Crippen LogP contribution in [0, 0.1) is 0 Å². The topological polar surface area (TPSA) is 58.7 Å². The molecule has 1 atom stereocenters. The molecular formula is C16H18N2O2. The number of benzene rings is 2. The van der Waals surface area contributed by atoms with Crippen molar-refractivity contribution in [2.45, 2.75) is 12.6 Å². The van der Waals surface area contributed by atoms with Crippen molar-refractivity contribution in [3.05, 3.63) is 53.6 Å². The van der Waals surface area contributed by atoms with Gasteiger partial charge in [-0.2, -0.15) is 0 Å². The van der Waals surface area contributed by atoms with E-state index in [-0.39, 0.29) is 11.8 Å². The molecule has 0 spiro atoms. The summed E-state index contributed by atoms with van der Waals surface area (Å²) in [7, 11) is 1.67. The summed E-state index contributed by atoms with van der Waals surface area (Å²) in [4.78, 5) is 2.21. The van der Waals surface area contributed by atoms with Gasteiger partial charge in [-0.25, -0.2) is 0 Å². The third-order valence-electron chi connectivity index (χ3n) is 3.81. The monoisotopic (exact) mass is 270 g/mol. The minimum Gasteiger partial charge on any atom is -0.508 e. The number of hydrogen-bond donors (Lipinski definition) is 2. The lowest BCUT2D eigenvalue weighted by Gasteiger charge is -2.26. The number of anilines is 1.